The molecule has 2 heteroatoms. The van der Waals surface area contributed by atoms with Gasteiger partial charge in [0.2, 0.25) is 0 Å². The van der Waals surface area contributed by atoms with Crippen molar-refractivity contribution in [1.82, 2.24) is 0 Å². The molecule has 0 unspecified atom stereocenters. The van der Waals surface area contributed by atoms with Crippen LogP contribution in [-0.2, 0) is 0 Å². The maximum Gasteiger partial charge on any atom is 0.0418 e. The molecule has 2 aromatic carbocycles. The van der Waals surface area contributed by atoms with Crippen molar-refractivity contribution in [3.63, 3.8) is 0 Å². The Balaban J connectivity index is 2.58. The van der Waals surface area contributed by atoms with Gasteiger partial charge in [-0.05, 0) is 12.1 Å². The van der Waals surface area contributed by atoms with Gasteiger partial charge < -0.3 is 10.6 Å². The highest BCUT2D eigenvalue weighted by molar-refractivity contribution is 5.85. The maximum atomic E-state index is 3.22. The van der Waals surface area contributed by atoms with Crippen LogP contribution in [0.15, 0.2) is 48.5 Å². The molecule has 0 bridgehead atoms. The van der Waals surface area contributed by atoms with Crippen LogP contribution in [0.5, 0.6) is 0 Å². The van der Waals surface area contributed by atoms with Crippen molar-refractivity contribution in [1.29, 1.82) is 0 Å². The monoisotopic (exact) mass is 212 g/mol. The number of nitrogens with one attached hydrogen (secondary N) is 2. The Morgan fingerprint density at radius 2 is 1.00 bits per heavy atom. The second kappa shape index (κ2) is 4.71. The highest BCUT2D eigenvalue weighted by Gasteiger charge is 2.06. The minimum Gasteiger partial charge on any atom is -0.388 e. The molecule has 2 aromatic rings. The fraction of sp³-hybridized carbons (Fsp3) is 0.143. The molecule has 82 valence electrons. The van der Waals surface area contributed by atoms with Crippen molar-refractivity contribution in [3.05, 3.63) is 48.5 Å². The lowest BCUT2D eigenvalue weighted by atomic mass is 10.0. The molecule has 0 amide bonds. The van der Waals surface area contributed by atoms with Crippen molar-refractivity contribution in [2.45, 2.75) is 0 Å². The van der Waals surface area contributed by atoms with Gasteiger partial charge in [0.15, 0.2) is 0 Å². The first-order valence-corrected chi connectivity index (χ1v) is 5.40. The summed E-state index contributed by atoms with van der Waals surface area (Å²) in [6.07, 6.45) is 0. The van der Waals surface area contributed by atoms with Gasteiger partial charge in [-0.3, -0.25) is 0 Å². The first kappa shape index (κ1) is 10.6. The van der Waals surface area contributed by atoms with Crippen LogP contribution >= 0.6 is 0 Å². The van der Waals surface area contributed by atoms with E-state index in [0.717, 1.165) is 11.4 Å². The van der Waals surface area contributed by atoms with Crippen molar-refractivity contribution in [2.24, 2.45) is 0 Å². The molecule has 0 atom stereocenters. The summed E-state index contributed by atoms with van der Waals surface area (Å²) in [6, 6.07) is 16.6. The fourth-order valence-electron chi connectivity index (χ4n) is 1.87. The molecule has 2 nitrogen and oxygen atoms in total. The van der Waals surface area contributed by atoms with E-state index in [1.54, 1.807) is 0 Å². The minimum absolute atomic E-state index is 1.14. The highest BCUT2D eigenvalue weighted by atomic mass is 14.8. The van der Waals surface area contributed by atoms with Crippen molar-refractivity contribution in [3.8, 4) is 11.1 Å². The van der Waals surface area contributed by atoms with Gasteiger partial charge in [0, 0.05) is 36.6 Å². The second-order valence-corrected chi connectivity index (χ2v) is 3.59. The Morgan fingerprint density at radius 3 is 1.38 bits per heavy atom. The third kappa shape index (κ3) is 1.87. The third-order valence-electron chi connectivity index (χ3n) is 2.68. The summed E-state index contributed by atoms with van der Waals surface area (Å²) in [5.74, 6) is 0. The normalized spacial score (nSPS) is 9.88. The molecule has 0 aliphatic heterocycles. The Kier molecular flexibility index (Phi) is 3.10. The second-order valence-electron chi connectivity index (χ2n) is 3.59. The molecule has 0 aliphatic carbocycles. The topological polar surface area (TPSA) is 24.1 Å². The van der Waals surface area contributed by atoms with Crippen molar-refractivity contribution < 1.29 is 0 Å². The first-order chi connectivity index (χ1) is 7.86. The SMILES string of the molecule is CNc1ccccc1-c1ccccc1NC. The quantitative estimate of drug-likeness (QED) is 0.814. The lowest BCUT2D eigenvalue weighted by molar-refractivity contribution is 1.47. The first-order valence-electron chi connectivity index (χ1n) is 5.40. The highest BCUT2D eigenvalue weighted by Crippen LogP contribution is 2.32. The van der Waals surface area contributed by atoms with E-state index in [-0.39, 0.29) is 0 Å². The third-order valence-corrected chi connectivity index (χ3v) is 2.68. The van der Waals surface area contributed by atoms with Crippen LogP contribution in [0.2, 0.25) is 0 Å². The van der Waals surface area contributed by atoms with E-state index >= 15 is 0 Å². The molecule has 0 spiro atoms. The summed E-state index contributed by atoms with van der Waals surface area (Å²) < 4.78 is 0. The lowest BCUT2D eigenvalue weighted by Crippen LogP contribution is -1.95. The maximum absolute atomic E-state index is 3.22. The molecule has 0 saturated carbocycles. The largest absolute Gasteiger partial charge is 0.388 e. The number of hydrogen-bond acceptors (Lipinski definition) is 2. The molecule has 0 heterocycles. The van der Waals surface area contributed by atoms with E-state index < -0.39 is 0 Å². The van der Waals surface area contributed by atoms with Gasteiger partial charge in [0.1, 0.15) is 0 Å². The molecule has 0 fully saturated rings. The van der Waals surface area contributed by atoms with Crippen LogP contribution in [0.25, 0.3) is 11.1 Å². The smallest absolute Gasteiger partial charge is 0.0418 e. The fourth-order valence-corrected chi connectivity index (χ4v) is 1.87. The molecule has 2 N–H and O–H groups in total. The van der Waals surface area contributed by atoms with E-state index in [4.69, 9.17) is 0 Å². The van der Waals surface area contributed by atoms with Gasteiger partial charge in [0.05, 0.1) is 0 Å². The summed E-state index contributed by atoms with van der Waals surface area (Å²) in [4.78, 5) is 0. The average Bonchev–Trinajstić information content (AvgIpc) is 2.38. The van der Waals surface area contributed by atoms with E-state index in [0.29, 0.717) is 0 Å². The van der Waals surface area contributed by atoms with Gasteiger partial charge in [-0.1, -0.05) is 36.4 Å². The van der Waals surface area contributed by atoms with Crippen LogP contribution in [0.4, 0.5) is 11.4 Å². The van der Waals surface area contributed by atoms with Crippen LogP contribution in [0.3, 0.4) is 0 Å². The molecular formula is C14H16N2. The molecule has 0 saturated heterocycles. The zero-order valence-corrected chi connectivity index (χ0v) is 9.62. The molecular weight excluding hydrogens is 196 g/mol. The van der Waals surface area contributed by atoms with Crippen LogP contribution in [0, 0.1) is 0 Å². The summed E-state index contributed by atoms with van der Waals surface area (Å²) in [7, 11) is 3.89. The summed E-state index contributed by atoms with van der Waals surface area (Å²) >= 11 is 0. The van der Waals surface area contributed by atoms with Gasteiger partial charge >= 0.3 is 0 Å². The Labute approximate surface area is 96.3 Å². The minimum atomic E-state index is 1.14. The summed E-state index contributed by atoms with van der Waals surface area (Å²) in [5, 5.41) is 6.44. The predicted molar refractivity (Wildman–Crippen MR) is 71.0 cm³/mol. The zero-order chi connectivity index (χ0) is 11.4. The van der Waals surface area contributed by atoms with E-state index in [1.165, 1.54) is 11.1 Å². The summed E-state index contributed by atoms with van der Waals surface area (Å²) in [5.41, 5.74) is 4.72. The van der Waals surface area contributed by atoms with E-state index in [1.807, 2.05) is 26.2 Å². The number of rotatable bonds is 3. The zero-order valence-electron chi connectivity index (χ0n) is 9.62. The standard InChI is InChI=1S/C14H16N2/c1-15-13-9-5-3-7-11(13)12-8-4-6-10-14(12)16-2/h3-10,15-16H,1-2H3. The molecule has 2 rings (SSSR count). The molecule has 0 aromatic heterocycles. The average molecular weight is 212 g/mol. The van der Waals surface area contributed by atoms with E-state index in [9.17, 15) is 0 Å². The predicted octanol–water partition coefficient (Wildman–Crippen LogP) is 3.44. The van der Waals surface area contributed by atoms with Crippen LogP contribution in [-0.4, -0.2) is 14.1 Å². The van der Waals surface area contributed by atoms with Crippen molar-refractivity contribution >= 4 is 11.4 Å². The molecule has 16 heavy (non-hydrogen) atoms. The van der Waals surface area contributed by atoms with Crippen LogP contribution < -0.4 is 10.6 Å². The van der Waals surface area contributed by atoms with Crippen LogP contribution in [0.1, 0.15) is 0 Å². The van der Waals surface area contributed by atoms with Gasteiger partial charge in [-0.15, -0.1) is 0 Å². The molecule has 0 radical (unpaired) electrons. The number of hydrogen-bond donors (Lipinski definition) is 2. The Hall–Kier alpha value is -1.96. The van der Waals surface area contributed by atoms with E-state index in [2.05, 4.69) is 47.0 Å². The summed E-state index contributed by atoms with van der Waals surface area (Å²) in [6.45, 7) is 0. The lowest BCUT2D eigenvalue weighted by Gasteiger charge is -2.12. The Bertz CT molecular complexity index is 432. The van der Waals surface area contributed by atoms with Gasteiger partial charge in [0.25, 0.3) is 0 Å². The molecule has 0 aliphatic rings. The Morgan fingerprint density at radius 1 is 0.625 bits per heavy atom. The number of para-hydroxylation sites is 2. The number of anilines is 2. The van der Waals surface area contributed by atoms with Gasteiger partial charge in [-0.25, -0.2) is 0 Å². The number of benzene rings is 2. The van der Waals surface area contributed by atoms with Crippen molar-refractivity contribution in [2.75, 3.05) is 24.7 Å². The van der Waals surface area contributed by atoms with Gasteiger partial charge in [-0.2, -0.15) is 0 Å².